The second-order valence-electron chi connectivity index (χ2n) is 6.32. The summed E-state index contributed by atoms with van der Waals surface area (Å²) in [5.41, 5.74) is 0.976. The molecule has 6 heteroatoms. The average molecular weight is 364 g/mol. The molecule has 3 rings (SSSR count). The summed E-state index contributed by atoms with van der Waals surface area (Å²) in [7, 11) is 0. The Hall–Kier alpha value is -2.05. The molecular weight excluding hydrogens is 341 g/mol. The Morgan fingerprint density at radius 2 is 1.69 bits per heavy atom. The highest BCUT2D eigenvalue weighted by atomic mass is 19.4. The van der Waals surface area contributed by atoms with Gasteiger partial charge in [0.1, 0.15) is 5.75 Å². The van der Waals surface area contributed by atoms with Gasteiger partial charge in [0.25, 0.3) is 0 Å². The molecule has 1 saturated heterocycles. The van der Waals surface area contributed by atoms with E-state index >= 15 is 0 Å². The Morgan fingerprint density at radius 1 is 1.04 bits per heavy atom. The molecule has 1 unspecified atom stereocenters. The lowest BCUT2D eigenvalue weighted by Crippen LogP contribution is -2.45. The average Bonchev–Trinajstić information content (AvgIpc) is 2.63. The number of hydrogen-bond donors (Lipinski definition) is 1. The zero-order valence-electron chi connectivity index (χ0n) is 14.7. The number of rotatable bonds is 5. The SMILES string of the molecule is CCOc1cccc(C(c2cccc(C(F)(F)F)c2)N2CCNCC2)c1. The third kappa shape index (κ3) is 4.37. The quantitative estimate of drug-likeness (QED) is 0.865. The maximum Gasteiger partial charge on any atom is 0.416 e. The van der Waals surface area contributed by atoms with E-state index in [-0.39, 0.29) is 6.04 Å². The maximum atomic E-state index is 13.2. The van der Waals surface area contributed by atoms with Crippen molar-refractivity contribution in [2.45, 2.75) is 19.1 Å². The number of benzene rings is 2. The summed E-state index contributed by atoms with van der Waals surface area (Å²) in [5.74, 6) is 0.733. The minimum Gasteiger partial charge on any atom is -0.494 e. The number of nitrogens with one attached hydrogen (secondary N) is 1. The number of ether oxygens (including phenoxy) is 1. The number of piperazine rings is 1. The first kappa shape index (κ1) is 18.7. The lowest BCUT2D eigenvalue weighted by molar-refractivity contribution is -0.137. The molecule has 1 atom stereocenters. The molecule has 0 bridgehead atoms. The number of hydrogen-bond acceptors (Lipinski definition) is 3. The maximum absolute atomic E-state index is 13.2. The minimum absolute atomic E-state index is 0.236. The molecule has 2 aromatic carbocycles. The first-order valence-corrected chi connectivity index (χ1v) is 8.83. The highest BCUT2D eigenvalue weighted by molar-refractivity contribution is 5.39. The van der Waals surface area contributed by atoms with Gasteiger partial charge in [-0.15, -0.1) is 0 Å². The number of nitrogens with zero attached hydrogens (tertiary/aromatic N) is 1. The smallest absolute Gasteiger partial charge is 0.416 e. The van der Waals surface area contributed by atoms with E-state index in [0.29, 0.717) is 12.2 Å². The zero-order chi connectivity index (χ0) is 18.6. The highest BCUT2D eigenvalue weighted by Gasteiger charge is 2.32. The standard InChI is InChI=1S/C20H23F3N2O/c1-2-26-18-8-4-6-16(14-18)19(25-11-9-24-10-12-25)15-5-3-7-17(13-15)20(21,22)23/h3-8,13-14,19,24H,2,9-12H2,1H3. The van der Waals surface area contributed by atoms with Crippen LogP contribution in [0.3, 0.4) is 0 Å². The van der Waals surface area contributed by atoms with Crippen molar-refractivity contribution in [1.29, 1.82) is 0 Å². The monoisotopic (exact) mass is 364 g/mol. The molecular formula is C20H23F3N2O. The predicted octanol–water partition coefficient (Wildman–Crippen LogP) is 4.10. The van der Waals surface area contributed by atoms with Crippen LogP contribution in [-0.4, -0.2) is 37.7 Å². The van der Waals surface area contributed by atoms with Crippen LogP contribution < -0.4 is 10.1 Å². The van der Waals surface area contributed by atoms with Crippen LogP contribution in [0.15, 0.2) is 48.5 Å². The van der Waals surface area contributed by atoms with E-state index in [1.165, 1.54) is 12.1 Å². The molecule has 0 spiro atoms. The Morgan fingerprint density at radius 3 is 2.35 bits per heavy atom. The van der Waals surface area contributed by atoms with Crippen molar-refractivity contribution in [3.63, 3.8) is 0 Å². The van der Waals surface area contributed by atoms with Crippen LogP contribution in [0.2, 0.25) is 0 Å². The second kappa shape index (κ2) is 8.10. The topological polar surface area (TPSA) is 24.5 Å². The molecule has 26 heavy (non-hydrogen) atoms. The van der Waals surface area contributed by atoms with E-state index in [4.69, 9.17) is 4.74 Å². The van der Waals surface area contributed by atoms with Gasteiger partial charge in [0.05, 0.1) is 18.2 Å². The van der Waals surface area contributed by atoms with Crippen molar-refractivity contribution in [3.8, 4) is 5.75 Å². The summed E-state index contributed by atoms with van der Waals surface area (Å²) in [6.45, 7) is 5.65. The zero-order valence-corrected chi connectivity index (χ0v) is 14.7. The van der Waals surface area contributed by atoms with Gasteiger partial charge >= 0.3 is 6.18 Å². The fourth-order valence-corrected chi connectivity index (χ4v) is 3.38. The molecule has 0 aromatic heterocycles. The minimum atomic E-state index is -4.35. The van der Waals surface area contributed by atoms with Crippen LogP contribution in [0.25, 0.3) is 0 Å². The van der Waals surface area contributed by atoms with E-state index in [1.54, 1.807) is 6.07 Å². The third-order valence-electron chi connectivity index (χ3n) is 4.53. The van der Waals surface area contributed by atoms with Gasteiger partial charge in [0.15, 0.2) is 0 Å². The lowest BCUT2D eigenvalue weighted by atomic mass is 9.94. The summed E-state index contributed by atoms with van der Waals surface area (Å²) in [5, 5.41) is 3.29. The van der Waals surface area contributed by atoms with Gasteiger partial charge in [-0.3, -0.25) is 4.90 Å². The largest absolute Gasteiger partial charge is 0.494 e. The summed E-state index contributed by atoms with van der Waals surface area (Å²) in [4.78, 5) is 2.22. The first-order chi connectivity index (χ1) is 12.5. The molecule has 0 saturated carbocycles. The van der Waals surface area contributed by atoms with Crippen molar-refractivity contribution in [1.82, 2.24) is 10.2 Å². The van der Waals surface area contributed by atoms with Crippen LogP contribution in [0.1, 0.15) is 29.7 Å². The first-order valence-electron chi connectivity index (χ1n) is 8.83. The van der Waals surface area contributed by atoms with Gasteiger partial charge in [-0.05, 0) is 42.3 Å². The van der Waals surface area contributed by atoms with Gasteiger partial charge in [-0.2, -0.15) is 13.2 Å². The van der Waals surface area contributed by atoms with Gasteiger partial charge < -0.3 is 10.1 Å². The summed E-state index contributed by atoms with van der Waals surface area (Å²) >= 11 is 0. The fraction of sp³-hybridized carbons (Fsp3) is 0.400. The lowest BCUT2D eigenvalue weighted by Gasteiger charge is -2.36. The molecule has 2 aromatic rings. The van der Waals surface area contributed by atoms with Crippen molar-refractivity contribution in [2.75, 3.05) is 32.8 Å². The summed E-state index contributed by atoms with van der Waals surface area (Å²) in [6.07, 6.45) is -4.35. The molecule has 0 aliphatic carbocycles. The van der Waals surface area contributed by atoms with E-state index in [0.717, 1.165) is 43.6 Å². The van der Waals surface area contributed by atoms with Crippen LogP contribution >= 0.6 is 0 Å². The van der Waals surface area contributed by atoms with Crippen LogP contribution in [0.5, 0.6) is 5.75 Å². The van der Waals surface area contributed by atoms with Gasteiger partial charge in [0, 0.05) is 26.2 Å². The fourth-order valence-electron chi connectivity index (χ4n) is 3.38. The molecule has 3 nitrogen and oxygen atoms in total. The molecule has 0 radical (unpaired) electrons. The Balaban J connectivity index is 2.02. The van der Waals surface area contributed by atoms with Crippen LogP contribution in [-0.2, 0) is 6.18 Å². The molecule has 1 fully saturated rings. The van der Waals surface area contributed by atoms with Gasteiger partial charge in [-0.25, -0.2) is 0 Å². The third-order valence-corrected chi connectivity index (χ3v) is 4.53. The van der Waals surface area contributed by atoms with Crippen molar-refractivity contribution < 1.29 is 17.9 Å². The molecule has 1 aliphatic heterocycles. The predicted molar refractivity (Wildman–Crippen MR) is 95.3 cm³/mol. The Bertz CT molecular complexity index is 727. The molecule has 1 N–H and O–H groups in total. The Kier molecular flexibility index (Phi) is 5.84. The summed E-state index contributed by atoms with van der Waals surface area (Å²) < 4.78 is 45.2. The van der Waals surface area contributed by atoms with Crippen molar-refractivity contribution in [3.05, 3.63) is 65.2 Å². The molecule has 1 aliphatic rings. The normalized spacial score (nSPS) is 17.1. The molecule has 140 valence electrons. The van der Waals surface area contributed by atoms with Crippen molar-refractivity contribution in [2.24, 2.45) is 0 Å². The Labute approximate surface area is 151 Å². The van der Waals surface area contributed by atoms with Gasteiger partial charge in [-0.1, -0.05) is 24.3 Å². The van der Waals surface area contributed by atoms with Gasteiger partial charge in [0.2, 0.25) is 0 Å². The highest BCUT2D eigenvalue weighted by Crippen LogP contribution is 2.35. The van der Waals surface area contributed by atoms with E-state index in [2.05, 4.69) is 10.2 Å². The van der Waals surface area contributed by atoms with Crippen LogP contribution in [0, 0.1) is 0 Å². The van der Waals surface area contributed by atoms with Crippen LogP contribution in [0.4, 0.5) is 13.2 Å². The second-order valence-corrected chi connectivity index (χ2v) is 6.32. The van der Waals surface area contributed by atoms with E-state index in [9.17, 15) is 13.2 Å². The molecule has 0 amide bonds. The molecule has 1 heterocycles. The number of alkyl halides is 3. The van der Waals surface area contributed by atoms with E-state index in [1.807, 2.05) is 31.2 Å². The summed E-state index contributed by atoms with van der Waals surface area (Å²) in [6, 6.07) is 13.0. The van der Waals surface area contributed by atoms with Crippen molar-refractivity contribution >= 4 is 0 Å². The van der Waals surface area contributed by atoms with E-state index < -0.39 is 11.7 Å². The number of halogens is 3.